The summed E-state index contributed by atoms with van der Waals surface area (Å²) in [5.41, 5.74) is -1.47. The van der Waals surface area contributed by atoms with Gasteiger partial charge in [0.2, 0.25) is 5.78 Å². The topological polar surface area (TPSA) is 80.5 Å². The first-order chi connectivity index (χ1) is 12.7. The molecule has 136 valence electrons. The van der Waals surface area contributed by atoms with E-state index >= 15 is 0 Å². The molecule has 0 unspecified atom stereocenters. The van der Waals surface area contributed by atoms with Crippen LogP contribution in [0.3, 0.4) is 0 Å². The summed E-state index contributed by atoms with van der Waals surface area (Å²) in [7, 11) is 0. The van der Waals surface area contributed by atoms with Gasteiger partial charge in [0.25, 0.3) is 0 Å². The first-order valence-electron chi connectivity index (χ1n) is 8.33. The summed E-state index contributed by atoms with van der Waals surface area (Å²) < 4.78 is 0. The number of carbonyl (C=O) groups is 2. The molecule has 2 aromatic carbocycles. The van der Waals surface area contributed by atoms with Gasteiger partial charge in [0, 0.05) is 32.7 Å². The van der Waals surface area contributed by atoms with Crippen LogP contribution in [-0.4, -0.2) is 16.6 Å². The number of halogens is 1. The lowest BCUT2D eigenvalue weighted by Gasteiger charge is -2.34. The number of fused-ring (bicyclic) bond motifs is 3. The first-order valence-corrected chi connectivity index (χ1v) is 8.71. The van der Waals surface area contributed by atoms with Crippen LogP contribution in [0.2, 0.25) is 5.02 Å². The number of anilines is 1. The van der Waals surface area contributed by atoms with Crippen LogP contribution in [0.1, 0.15) is 25.0 Å². The number of ketones is 1. The van der Waals surface area contributed by atoms with Gasteiger partial charge in [-0.15, -0.1) is 0 Å². The number of hydrogen-bond acceptors (Lipinski definition) is 4. The number of amides is 1. The average molecular weight is 383 g/mol. The maximum absolute atomic E-state index is 13.5. The molecular formula is C20H15ClN2O4. The van der Waals surface area contributed by atoms with Gasteiger partial charge >= 0.3 is 11.4 Å². The Bertz CT molecular complexity index is 1050. The molecule has 27 heavy (non-hydrogen) atoms. The summed E-state index contributed by atoms with van der Waals surface area (Å²) in [6.45, 7) is 3.71. The van der Waals surface area contributed by atoms with Gasteiger partial charge in [-0.1, -0.05) is 55.8 Å². The van der Waals surface area contributed by atoms with E-state index in [-0.39, 0.29) is 5.56 Å². The molecule has 0 radical (unpaired) electrons. The predicted molar refractivity (Wildman–Crippen MR) is 100 cm³/mol. The minimum absolute atomic E-state index is 0.0421. The van der Waals surface area contributed by atoms with Crippen LogP contribution < -0.4 is 4.90 Å². The standard InChI is InChI=1S/C20H15ClN2O4/c1-19(2)14-10-13(21)8-9-15(14)22-16(19)11-17(24)20(18(22)25,23(26)27)12-6-4-3-5-7-12/h3-11H,1-2H3/t20-/m0/s1. The van der Waals surface area contributed by atoms with E-state index in [2.05, 4.69) is 0 Å². The third kappa shape index (κ3) is 2.07. The van der Waals surface area contributed by atoms with Gasteiger partial charge in [0.1, 0.15) is 0 Å². The third-order valence-electron chi connectivity index (χ3n) is 5.36. The zero-order valence-corrected chi connectivity index (χ0v) is 15.4. The summed E-state index contributed by atoms with van der Waals surface area (Å²) in [6.07, 6.45) is 1.23. The zero-order valence-electron chi connectivity index (χ0n) is 14.6. The summed E-state index contributed by atoms with van der Waals surface area (Å²) in [4.78, 5) is 39.1. The second kappa shape index (κ2) is 5.50. The van der Waals surface area contributed by atoms with Crippen molar-refractivity contribution in [1.29, 1.82) is 0 Å². The van der Waals surface area contributed by atoms with Crippen LogP contribution >= 0.6 is 11.6 Å². The van der Waals surface area contributed by atoms with Crippen LogP contribution in [0.25, 0.3) is 0 Å². The van der Waals surface area contributed by atoms with Crippen molar-refractivity contribution in [1.82, 2.24) is 0 Å². The van der Waals surface area contributed by atoms with Crippen LogP contribution in [-0.2, 0) is 20.5 Å². The lowest BCUT2D eigenvalue weighted by molar-refractivity contribution is -0.542. The van der Waals surface area contributed by atoms with E-state index in [0.29, 0.717) is 16.4 Å². The lowest BCUT2D eigenvalue weighted by atomic mass is 9.78. The number of allylic oxidation sites excluding steroid dienone is 1. The Balaban J connectivity index is 2.03. The maximum Gasteiger partial charge on any atom is 0.385 e. The molecule has 4 rings (SSSR count). The quantitative estimate of drug-likeness (QED) is 0.451. The Kier molecular flexibility index (Phi) is 3.55. The molecule has 1 atom stereocenters. The molecule has 0 fully saturated rings. The molecule has 2 aliphatic heterocycles. The van der Waals surface area contributed by atoms with Gasteiger partial charge in [-0.2, -0.15) is 0 Å². The second-order valence-corrected chi connectivity index (χ2v) is 7.59. The first kappa shape index (κ1) is 17.4. The molecular weight excluding hydrogens is 368 g/mol. The highest BCUT2D eigenvalue weighted by Gasteiger charge is 2.66. The molecule has 0 aromatic heterocycles. The normalized spacial score (nSPS) is 22.9. The number of nitrogens with zero attached hydrogens (tertiary/aromatic N) is 2. The molecule has 1 amide bonds. The van der Waals surface area contributed by atoms with Crippen molar-refractivity contribution in [3.63, 3.8) is 0 Å². The van der Waals surface area contributed by atoms with E-state index in [1.807, 2.05) is 13.8 Å². The van der Waals surface area contributed by atoms with Crippen LogP contribution in [0, 0.1) is 10.1 Å². The van der Waals surface area contributed by atoms with Crippen molar-refractivity contribution < 1.29 is 14.5 Å². The van der Waals surface area contributed by atoms with Gasteiger partial charge in [0.15, 0.2) is 0 Å². The molecule has 0 spiro atoms. The fraction of sp³-hybridized carbons (Fsp3) is 0.200. The van der Waals surface area contributed by atoms with Crippen molar-refractivity contribution >= 4 is 29.0 Å². The molecule has 0 saturated heterocycles. The van der Waals surface area contributed by atoms with Gasteiger partial charge in [-0.3, -0.25) is 24.6 Å². The molecule has 0 N–H and O–H groups in total. The van der Waals surface area contributed by atoms with Gasteiger partial charge in [-0.25, -0.2) is 0 Å². The predicted octanol–water partition coefficient (Wildman–Crippen LogP) is 3.60. The SMILES string of the molecule is CC1(C)C2=CC(=O)[C@](c3ccccc3)([N+](=O)[O-])C(=O)N2c2ccc(Cl)cc21. The number of nitro groups is 1. The van der Waals surface area contributed by atoms with Crippen molar-refractivity contribution in [2.75, 3.05) is 4.90 Å². The summed E-state index contributed by atoms with van der Waals surface area (Å²) >= 11 is 6.12. The monoisotopic (exact) mass is 382 g/mol. The minimum Gasteiger partial charge on any atom is -0.286 e. The Morgan fingerprint density at radius 3 is 2.37 bits per heavy atom. The largest absolute Gasteiger partial charge is 0.385 e. The number of carbonyl (C=O) groups excluding carboxylic acids is 2. The van der Waals surface area contributed by atoms with Crippen molar-refractivity contribution in [2.45, 2.75) is 24.8 Å². The highest BCUT2D eigenvalue weighted by Crippen LogP contribution is 2.52. The molecule has 0 aliphatic carbocycles. The van der Waals surface area contributed by atoms with Crippen molar-refractivity contribution in [3.8, 4) is 0 Å². The highest BCUT2D eigenvalue weighted by molar-refractivity contribution is 6.31. The highest BCUT2D eigenvalue weighted by atomic mass is 35.5. The summed E-state index contributed by atoms with van der Waals surface area (Å²) in [6, 6.07) is 12.7. The van der Waals surface area contributed by atoms with Crippen molar-refractivity contribution in [3.05, 3.63) is 86.6 Å². The van der Waals surface area contributed by atoms with E-state index < -0.39 is 27.6 Å². The second-order valence-electron chi connectivity index (χ2n) is 7.15. The molecule has 0 saturated carbocycles. The molecule has 2 aromatic rings. The molecule has 2 heterocycles. The Morgan fingerprint density at radius 2 is 1.74 bits per heavy atom. The smallest absolute Gasteiger partial charge is 0.286 e. The fourth-order valence-electron chi connectivity index (χ4n) is 3.93. The number of benzene rings is 2. The van der Waals surface area contributed by atoms with Crippen molar-refractivity contribution in [2.24, 2.45) is 0 Å². The van der Waals surface area contributed by atoms with E-state index in [9.17, 15) is 19.7 Å². The Hall–Kier alpha value is -2.99. The zero-order chi connectivity index (χ0) is 19.6. The van der Waals surface area contributed by atoms with E-state index in [1.165, 1.54) is 23.1 Å². The van der Waals surface area contributed by atoms with Crippen LogP contribution in [0.15, 0.2) is 60.3 Å². The molecule has 0 bridgehead atoms. The third-order valence-corrected chi connectivity index (χ3v) is 5.59. The Morgan fingerprint density at radius 1 is 1.07 bits per heavy atom. The average Bonchev–Trinajstić information content (AvgIpc) is 2.83. The van der Waals surface area contributed by atoms with E-state index in [1.54, 1.807) is 36.4 Å². The number of rotatable bonds is 2. The minimum atomic E-state index is -2.50. The van der Waals surface area contributed by atoms with Gasteiger partial charge < -0.3 is 0 Å². The Labute approximate surface area is 160 Å². The molecule has 7 heteroatoms. The molecule has 6 nitrogen and oxygen atoms in total. The van der Waals surface area contributed by atoms with Gasteiger partial charge in [0.05, 0.1) is 5.69 Å². The van der Waals surface area contributed by atoms with E-state index in [0.717, 1.165) is 5.56 Å². The maximum atomic E-state index is 13.5. The number of hydrogen-bond donors (Lipinski definition) is 0. The molecule has 2 aliphatic rings. The van der Waals surface area contributed by atoms with Crippen LogP contribution in [0.4, 0.5) is 5.69 Å². The van der Waals surface area contributed by atoms with Crippen LogP contribution in [0.5, 0.6) is 0 Å². The fourth-order valence-corrected chi connectivity index (χ4v) is 4.10. The summed E-state index contributed by atoms with van der Waals surface area (Å²) in [5, 5.41) is 12.6. The lowest BCUT2D eigenvalue weighted by Crippen LogP contribution is -2.59. The van der Waals surface area contributed by atoms with E-state index in [4.69, 9.17) is 11.6 Å². The van der Waals surface area contributed by atoms with Gasteiger partial charge in [-0.05, 0) is 23.8 Å². The summed E-state index contributed by atoms with van der Waals surface area (Å²) in [5.74, 6) is -1.72.